The van der Waals surface area contributed by atoms with E-state index >= 15 is 0 Å². The molecule has 0 spiro atoms. The van der Waals surface area contributed by atoms with Crippen molar-refractivity contribution in [3.05, 3.63) is 24.3 Å². The first-order valence-corrected chi connectivity index (χ1v) is 30.0. The van der Waals surface area contributed by atoms with Crippen LogP contribution in [0.1, 0.15) is 277 Å². The van der Waals surface area contributed by atoms with Crippen LogP contribution in [0, 0.1) is 0 Å². The predicted molar refractivity (Wildman–Crippen MR) is 282 cm³/mol. The number of esters is 2. The Morgan fingerprint density at radius 1 is 0.448 bits per heavy atom. The lowest BCUT2D eigenvalue weighted by Crippen LogP contribution is -2.37. The van der Waals surface area contributed by atoms with E-state index in [9.17, 15) is 19.0 Å². The molecule has 0 saturated carbocycles. The van der Waals surface area contributed by atoms with Gasteiger partial charge < -0.3 is 27.9 Å². The molecular weight excluding hydrogens is 858 g/mol. The summed E-state index contributed by atoms with van der Waals surface area (Å²) in [5, 5.41) is 0. The number of carbonyl (C=O) groups excluding carboxylic acids is 2. The monoisotopic (exact) mass is 968 g/mol. The van der Waals surface area contributed by atoms with Gasteiger partial charge in [0.25, 0.3) is 7.82 Å². The number of hydrogen-bond acceptors (Lipinski definition) is 8. The minimum atomic E-state index is -4.63. The van der Waals surface area contributed by atoms with E-state index in [1.54, 1.807) is 0 Å². The highest BCUT2D eigenvalue weighted by Gasteiger charge is 2.22. The molecule has 0 heterocycles. The number of unbranched alkanes of at least 4 members (excludes halogenated alkanes) is 35. The number of ether oxygens (including phenoxy) is 2. The van der Waals surface area contributed by atoms with Crippen molar-refractivity contribution in [3.8, 4) is 0 Å². The average Bonchev–Trinajstić information content (AvgIpc) is 3.29. The predicted octanol–water partition coefficient (Wildman–Crippen LogP) is 16.8. The van der Waals surface area contributed by atoms with Crippen molar-refractivity contribution in [2.24, 2.45) is 0 Å². The van der Waals surface area contributed by atoms with Gasteiger partial charge >= 0.3 is 11.9 Å². The van der Waals surface area contributed by atoms with Gasteiger partial charge in [-0.25, -0.2) is 0 Å². The molecule has 0 aliphatic carbocycles. The molecule has 0 aliphatic rings. The molecule has 2 atom stereocenters. The maximum absolute atomic E-state index is 12.8. The van der Waals surface area contributed by atoms with Gasteiger partial charge in [0, 0.05) is 12.8 Å². The summed E-state index contributed by atoms with van der Waals surface area (Å²) in [5.74, 6) is -0.831. The molecule has 0 bridgehead atoms. The van der Waals surface area contributed by atoms with Gasteiger partial charge in [0.1, 0.15) is 19.8 Å². The van der Waals surface area contributed by atoms with E-state index in [0.717, 1.165) is 51.4 Å². The lowest BCUT2D eigenvalue weighted by molar-refractivity contribution is -0.870. The summed E-state index contributed by atoms with van der Waals surface area (Å²) < 4.78 is 34.1. The number of carbonyl (C=O) groups is 2. The Balaban J connectivity index is 4.06. The van der Waals surface area contributed by atoms with Crippen molar-refractivity contribution >= 4 is 19.8 Å². The van der Waals surface area contributed by atoms with Gasteiger partial charge in [-0.3, -0.25) is 14.2 Å². The molecule has 0 fully saturated rings. The molecule has 9 nitrogen and oxygen atoms in total. The molecule has 0 amide bonds. The first-order chi connectivity index (χ1) is 32.5. The standard InChI is InChI=1S/C57H110NO8P/c1-6-8-10-12-14-16-18-20-22-23-24-25-26-27-28-29-30-31-32-33-34-35-36-38-40-42-44-46-48-50-57(60)66-55(54-65-67(61,62)64-52-51-58(3,4)5)53-63-56(59)49-47-45-43-41-39-37-21-19-17-15-13-11-9-7-2/h19,21,23-24,55H,6-18,20,22,25-54H2,1-5H3/b21-19-,24-23-. The Hall–Kier alpha value is -1.51. The van der Waals surface area contributed by atoms with Crippen LogP contribution in [0.5, 0.6) is 0 Å². The van der Waals surface area contributed by atoms with E-state index < -0.39 is 26.5 Å². The number of nitrogens with zero attached hydrogens (tertiary/aromatic N) is 1. The first kappa shape index (κ1) is 65.5. The second-order valence-electron chi connectivity index (χ2n) is 20.6. The van der Waals surface area contributed by atoms with Crippen LogP contribution in [0.3, 0.4) is 0 Å². The Bertz CT molecular complexity index is 1190. The number of likely N-dealkylation sites (N-methyl/N-ethyl adjacent to an activating group) is 1. The van der Waals surface area contributed by atoms with Crippen molar-refractivity contribution in [3.63, 3.8) is 0 Å². The number of phosphoric ester groups is 1. The van der Waals surface area contributed by atoms with E-state index in [1.165, 1.54) is 193 Å². The fourth-order valence-corrected chi connectivity index (χ4v) is 8.96. The van der Waals surface area contributed by atoms with Crippen LogP contribution < -0.4 is 4.89 Å². The third-order valence-electron chi connectivity index (χ3n) is 12.7. The number of allylic oxidation sites excluding steroid dienone is 4. The van der Waals surface area contributed by atoms with Gasteiger partial charge in [-0.05, 0) is 64.2 Å². The van der Waals surface area contributed by atoms with Gasteiger partial charge in [0.15, 0.2) is 6.10 Å². The largest absolute Gasteiger partial charge is 0.756 e. The van der Waals surface area contributed by atoms with E-state index in [4.69, 9.17) is 18.5 Å². The maximum Gasteiger partial charge on any atom is 0.306 e. The molecule has 0 N–H and O–H groups in total. The Kier molecular flexibility index (Phi) is 48.4. The van der Waals surface area contributed by atoms with Crippen LogP contribution >= 0.6 is 7.82 Å². The second-order valence-corrected chi connectivity index (χ2v) is 22.1. The number of rotatable bonds is 53. The van der Waals surface area contributed by atoms with E-state index in [0.29, 0.717) is 17.4 Å². The van der Waals surface area contributed by atoms with Crippen molar-refractivity contribution in [1.29, 1.82) is 0 Å². The molecule has 2 unspecified atom stereocenters. The summed E-state index contributed by atoms with van der Waals surface area (Å²) in [4.78, 5) is 37.8. The van der Waals surface area contributed by atoms with Crippen LogP contribution in [0.25, 0.3) is 0 Å². The van der Waals surface area contributed by atoms with E-state index in [1.807, 2.05) is 21.1 Å². The van der Waals surface area contributed by atoms with Crippen molar-refractivity contribution in [2.75, 3.05) is 47.5 Å². The lowest BCUT2D eigenvalue weighted by atomic mass is 10.0. The SMILES string of the molecule is CCCCCCC/C=C\CCCCCCCC(=O)OCC(COP(=O)([O-])OCC[N+](C)(C)C)OC(=O)CCCCCCCCCCCCCCCCCCC/C=C\CCCCCCCCCC. The van der Waals surface area contributed by atoms with E-state index in [2.05, 4.69) is 38.2 Å². The molecule has 0 rings (SSSR count). The number of hydrogen-bond donors (Lipinski definition) is 0. The molecule has 67 heavy (non-hydrogen) atoms. The van der Waals surface area contributed by atoms with Crippen molar-refractivity contribution < 1.29 is 42.1 Å². The molecule has 0 aromatic rings. The molecule has 0 aromatic heterocycles. The van der Waals surface area contributed by atoms with Crippen LogP contribution in [0.4, 0.5) is 0 Å². The van der Waals surface area contributed by atoms with Crippen molar-refractivity contribution in [1.82, 2.24) is 0 Å². The van der Waals surface area contributed by atoms with Crippen LogP contribution in [-0.2, 0) is 32.7 Å². The Morgan fingerprint density at radius 3 is 1.10 bits per heavy atom. The van der Waals surface area contributed by atoms with Crippen LogP contribution in [0.2, 0.25) is 0 Å². The number of quaternary nitrogens is 1. The fourth-order valence-electron chi connectivity index (χ4n) is 8.24. The summed E-state index contributed by atoms with van der Waals surface area (Å²) in [6.45, 7) is 4.25. The first-order valence-electron chi connectivity index (χ1n) is 28.5. The minimum Gasteiger partial charge on any atom is -0.756 e. The molecule has 0 radical (unpaired) electrons. The summed E-state index contributed by atoms with van der Waals surface area (Å²) in [6.07, 6.45) is 58.0. The van der Waals surface area contributed by atoms with Gasteiger partial charge in [-0.2, -0.15) is 0 Å². The average molecular weight is 968 g/mol. The normalized spacial score (nSPS) is 13.5. The highest BCUT2D eigenvalue weighted by Crippen LogP contribution is 2.38. The van der Waals surface area contributed by atoms with Crippen LogP contribution in [0.15, 0.2) is 24.3 Å². The number of phosphoric acid groups is 1. The molecule has 0 aliphatic heterocycles. The van der Waals surface area contributed by atoms with Crippen molar-refractivity contribution in [2.45, 2.75) is 283 Å². The fraction of sp³-hybridized carbons (Fsp3) is 0.895. The summed E-state index contributed by atoms with van der Waals surface area (Å²) in [6, 6.07) is 0. The quantitative estimate of drug-likeness (QED) is 0.0195. The minimum absolute atomic E-state index is 0.0297. The summed E-state index contributed by atoms with van der Waals surface area (Å²) in [5.41, 5.74) is 0. The van der Waals surface area contributed by atoms with Gasteiger partial charge in [0.05, 0.1) is 27.7 Å². The van der Waals surface area contributed by atoms with Gasteiger partial charge in [-0.15, -0.1) is 0 Å². The molecular formula is C57H110NO8P. The molecule has 0 saturated heterocycles. The second kappa shape index (κ2) is 49.5. The summed E-state index contributed by atoms with van der Waals surface area (Å²) in [7, 11) is 1.17. The third-order valence-corrected chi connectivity index (χ3v) is 13.7. The van der Waals surface area contributed by atoms with E-state index in [-0.39, 0.29) is 32.0 Å². The third kappa shape index (κ3) is 53.7. The zero-order valence-electron chi connectivity index (χ0n) is 44.9. The Morgan fingerprint density at radius 2 is 0.761 bits per heavy atom. The van der Waals surface area contributed by atoms with Crippen LogP contribution in [-0.4, -0.2) is 70.0 Å². The maximum atomic E-state index is 12.8. The lowest BCUT2D eigenvalue weighted by Gasteiger charge is -2.28. The Labute approximate surface area is 415 Å². The summed E-state index contributed by atoms with van der Waals surface area (Å²) >= 11 is 0. The molecule has 10 heteroatoms. The highest BCUT2D eigenvalue weighted by atomic mass is 31.2. The van der Waals surface area contributed by atoms with Gasteiger partial charge in [-0.1, -0.05) is 224 Å². The highest BCUT2D eigenvalue weighted by molar-refractivity contribution is 7.45. The topological polar surface area (TPSA) is 111 Å². The molecule has 0 aromatic carbocycles. The zero-order valence-corrected chi connectivity index (χ0v) is 45.8. The smallest absolute Gasteiger partial charge is 0.306 e. The zero-order chi connectivity index (χ0) is 49.2. The van der Waals surface area contributed by atoms with Gasteiger partial charge in [0.2, 0.25) is 0 Å². The molecule has 396 valence electrons.